The Morgan fingerprint density at radius 2 is 1.11 bits per heavy atom. The highest BCUT2D eigenvalue weighted by atomic mass is 16.3. The van der Waals surface area contributed by atoms with E-state index in [2.05, 4.69) is 65.6 Å². The van der Waals surface area contributed by atoms with Crippen LogP contribution in [0.1, 0.15) is 42.7 Å². The van der Waals surface area contributed by atoms with Gasteiger partial charge in [0.2, 0.25) is 0 Å². The summed E-state index contributed by atoms with van der Waals surface area (Å²) >= 11 is 0. The third-order valence-corrected chi connectivity index (χ3v) is 11.0. The number of nitrogens with zero attached hydrogens (tertiary/aromatic N) is 1. The monoisotopic (exact) mass is 742 g/mol. The van der Waals surface area contributed by atoms with Crippen LogP contribution < -0.4 is 4.90 Å². The molecule has 0 bridgehead atoms. The Kier molecular flexibility index (Phi) is 5.10. The molecule has 1 heterocycles. The molecule has 0 fully saturated rings. The van der Waals surface area contributed by atoms with Crippen LogP contribution in [0.4, 0.5) is 17.1 Å². The molecule has 2 nitrogen and oxygen atoms in total. The second kappa shape index (κ2) is 13.0. The SMILES string of the molecule is [2H]c1c([2H])c([2H])c2c(c1[2H])-c1c([2H])c([2H])c(-c3cccc4oc5c6ccccc6c(-c6ccc(N(c7ccccc7)c7ccc(-c8ccccc8)cc7)cc6)cc5c34)c([2H])c1C2(C([2H])([2H])[2H])C([2H])([2H])[2H]. The maximum Gasteiger partial charge on any atom is 0.143 e. The van der Waals surface area contributed by atoms with Gasteiger partial charge in [0.1, 0.15) is 11.2 Å². The molecule has 0 N–H and O–H groups in total. The van der Waals surface area contributed by atoms with E-state index in [-0.39, 0.29) is 11.1 Å². The van der Waals surface area contributed by atoms with Crippen LogP contribution in [0, 0.1) is 0 Å². The van der Waals surface area contributed by atoms with Crippen molar-refractivity contribution >= 4 is 49.8 Å². The van der Waals surface area contributed by atoms with Gasteiger partial charge in [-0.05, 0) is 116 Å². The number of hydrogen-bond acceptors (Lipinski definition) is 2. The molecule has 2 heteroatoms. The van der Waals surface area contributed by atoms with Gasteiger partial charge >= 0.3 is 0 Å². The van der Waals surface area contributed by atoms with Gasteiger partial charge in [-0.3, -0.25) is 0 Å². The predicted octanol–water partition coefficient (Wildman–Crippen LogP) is 15.5. The third-order valence-electron chi connectivity index (χ3n) is 11.0. The van der Waals surface area contributed by atoms with Crippen molar-refractivity contribution in [1.82, 2.24) is 0 Å². The van der Waals surface area contributed by atoms with Crippen LogP contribution in [0.25, 0.3) is 77.2 Å². The summed E-state index contributed by atoms with van der Waals surface area (Å²) in [5.74, 6) is 0. The zero-order valence-electron chi connectivity index (χ0n) is 43.4. The van der Waals surface area contributed by atoms with Gasteiger partial charge in [0, 0.05) is 46.9 Å². The third kappa shape index (κ3) is 5.33. The van der Waals surface area contributed by atoms with Crippen LogP contribution in [0.2, 0.25) is 0 Å². The standard InChI is InChI=1S/C55H39NO/c1-55(2)50-22-12-11-19-45(50)46-33-28-39(34-51(46)55)43-21-13-23-52-53(43)49-35-48(44-18-9-10-20-47(44)54(49)57-52)38-26-31-42(32-27-38)56(40-16-7-4-8-17-40)41-29-24-37(25-30-41)36-14-5-3-6-15-36/h3-35H,1-2H3/i1D3,2D3,11D,12D,19D,22D,28D,33D,34D. The van der Waals surface area contributed by atoms with Crippen LogP contribution in [-0.4, -0.2) is 0 Å². The lowest BCUT2D eigenvalue weighted by molar-refractivity contribution is 0.660. The molecule has 0 atom stereocenters. The van der Waals surface area contributed by atoms with Crippen molar-refractivity contribution in [3.8, 4) is 44.5 Å². The number of benzene rings is 9. The molecule has 0 unspecified atom stereocenters. The van der Waals surface area contributed by atoms with E-state index in [0.29, 0.717) is 21.9 Å². The molecular weight excluding hydrogens is 691 g/mol. The molecule has 0 amide bonds. The van der Waals surface area contributed by atoms with Crippen molar-refractivity contribution in [3.05, 3.63) is 211 Å². The van der Waals surface area contributed by atoms with Crippen LogP contribution >= 0.6 is 0 Å². The summed E-state index contributed by atoms with van der Waals surface area (Å²) in [7, 11) is 0. The topological polar surface area (TPSA) is 16.4 Å². The molecule has 1 aliphatic rings. The molecule has 0 saturated heterocycles. The molecule has 11 rings (SSSR count). The highest BCUT2D eigenvalue weighted by Gasteiger charge is 2.35. The highest BCUT2D eigenvalue weighted by molar-refractivity contribution is 6.22. The van der Waals surface area contributed by atoms with Gasteiger partial charge in [-0.25, -0.2) is 0 Å². The summed E-state index contributed by atoms with van der Waals surface area (Å²) in [5.41, 5.74) is 2.02. The summed E-state index contributed by atoms with van der Waals surface area (Å²) in [6.45, 7) is -7.05. The quantitative estimate of drug-likeness (QED) is 0.169. The van der Waals surface area contributed by atoms with E-state index in [1.54, 1.807) is 18.2 Å². The van der Waals surface area contributed by atoms with Crippen LogP contribution in [0.5, 0.6) is 0 Å². The fourth-order valence-electron chi connectivity index (χ4n) is 8.26. The number of furan rings is 1. The van der Waals surface area contributed by atoms with Crippen molar-refractivity contribution in [1.29, 1.82) is 0 Å². The minimum atomic E-state index is -3.53. The van der Waals surface area contributed by atoms with Gasteiger partial charge < -0.3 is 9.32 Å². The summed E-state index contributed by atoms with van der Waals surface area (Å²) in [5, 5.41) is 2.66. The zero-order chi connectivity index (χ0) is 49.2. The first-order valence-electron chi connectivity index (χ1n) is 25.2. The number of rotatable bonds is 6. The van der Waals surface area contributed by atoms with Gasteiger partial charge in [-0.1, -0.05) is 159 Å². The van der Waals surface area contributed by atoms with E-state index in [1.807, 2.05) is 78.9 Å². The Bertz CT molecular complexity index is 3740. The average Bonchev–Trinajstić information content (AvgIpc) is 3.92. The van der Waals surface area contributed by atoms with Crippen LogP contribution in [-0.2, 0) is 5.41 Å². The van der Waals surface area contributed by atoms with Crippen molar-refractivity contribution in [2.45, 2.75) is 19.1 Å². The smallest absolute Gasteiger partial charge is 0.143 e. The van der Waals surface area contributed by atoms with Gasteiger partial charge in [-0.2, -0.15) is 0 Å². The molecule has 0 aliphatic heterocycles. The zero-order valence-corrected chi connectivity index (χ0v) is 30.4. The van der Waals surface area contributed by atoms with Crippen molar-refractivity contribution < 1.29 is 22.2 Å². The van der Waals surface area contributed by atoms with Crippen molar-refractivity contribution in [3.63, 3.8) is 0 Å². The molecule has 0 saturated carbocycles. The lowest BCUT2D eigenvalue weighted by atomic mass is 9.81. The van der Waals surface area contributed by atoms with E-state index in [1.165, 1.54) is 0 Å². The first-order chi connectivity index (χ1) is 33.5. The molecule has 1 aliphatic carbocycles. The summed E-state index contributed by atoms with van der Waals surface area (Å²) < 4.78 is 123. The molecule has 9 aromatic carbocycles. The summed E-state index contributed by atoms with van der Waals surface area (Å²) in [4.78, 5) is 2.18. The Labute approximate surface area is 351 Å². The first kappa shape index (κ1) is 22.4. The molecule has 10 aromatic rings. The fraction of sp³-hybridized carbons (Fsp3) is 0.0545. The number of para-hydroxylation sites is 1. The Morgan fingerprint density at radius 3 is 1.86 bits per heavy atom. The van der Waals surface area contributed by atoms with E-state index >= 15 is 0 Å². The van der Waals surface area contributed by atoms with Crippen LogP contribution in [0.15, 0.2) is 204 Å². The molecule has 1 aromatic heterocycles. The second-order valence-electron chi connectivity index (χ2n) is 14.3. The Balaban J connectivity index is 1.12. The molecule has 0 spiro atoms. The lowest BCUT2D eigenvalue weighted by Gasteiger charge is -2.26. The maximum atomic E-state index is 9.86. The Hall–Kier alpha value is -7.16. The van der Waals surface area contributed by atoms with Gasteiger partial charge in [-0.15, -0.1) is 0 Å². The Morgan fingerprint density at radius 1 is 0.474 bits per heavy atom. The number of hydrogen-bond donors (Lipinski definition) is 0. The largest absolute Gasteiger partial charge is 0.455 e. The minimum absolute atomic E-state index is 0.205. The van der Waals surface area contributed by atoms with Gasteiger partial charge in [0.05, 0.1) is 9.60 Å². The predicted molar refractivity (Wildman–Crippen MR) is 240 cm³/mol. The van der Waals surface area contributed by atoms with Crippen LogP contribution in [0.3, 0.4) is 0 Å². The molecular formula is C55H39NO. The normalized spacial score (nSPS) is 16.6. The number of fused-ring (bicyclic) bond motifs is 8. The lowest BCUT2D eigenvalue weighted by Crippen LogP contribution is -2.14. The van der Waals surface area contributed by atoms with E-state index in [4.69, 9.17) is 18.1 Å². The van der Waals surface area contributed by atoms with E-state index in [9.17, 15) is 4.11 Å². The average molecular weight is 743 g/mol. The summed E-state index contributed by atoms with van der Waals surface area (Å²) in [6.07, 6.45) is 0. The summed E-state index contributed by atoms with van der Waals surface area (Å²) in [6, 6.07) is 46.5. The van der Waals surface area contributed by atoms with Crippen molar-refractivity contribution in [2.75, 3.05) is 4.90 Å². The molecule has 270 valence electrons. The second-order valence-corrected chi connectivity index (χ2v) is 14.3. The van der Waals surface area contributed by atoms with Gasteiger partial charge in [0.15, 0.2) is 0 Å². The highest BCUT2D eigenvalue weighted by Crippen LogP contribution is 2.51. The number of anilines is 3. The molecule has 0 radical (unpaired) electrons. The van der Waals surface area contributed by atoms with E-state index in [0.717, 1.165) is 50.1 Å². The first-order valence-corrected chi connectivity index (χ1v) is 18.7. The van der Waals surface area contributed by atoms with Gasteiger partial charge in [0.25, 0.3) is 0 Å². The maximum absolute atomic E-state index is 9.86. The molecule has 57 heavy (non-hydrogen) atoms. The van der Waals surface area contributed by atoms with E-state index < -0.39 is 83.7 Å². The fourth-order valence-corrected chi connectivity index (χ4v) is 8.26. The van der Waals surface area contributed by atoms with Crippen molar-refractivity contribution in [2.24, 2.45) is 0 Å². The minimum Gasteiger partial charge on any atom is -0.455 e.